The summed E-state index contributed by atoms with van der Waals surface area (Å²) in [7, 11) is 1.66. The molecule has 0 amide bonds. The molecule has 0 aliphatic heterocycles. The summed E-state index contributed by atoms with van der Waals surface area (Å²) in [5.41, 5.74) is 3.51. The SMILES string of the molecule is COc1cc(CNCCc2ccc(Cl)cc2)c(Br)cc1OCc1ccccc1. The van der Waals surface area contributed by atoms with E-state index in [4.69, 9.17) is 21.1 Å². The molecule has 0 saturated heterocycles. The van der Waals surface area contributed by atoms with Crippen molar-refractivity contribution in [2.75, 3.05) is 13.7 Å². The Kier molecular flexibility index (Phi) is 7.78. The zero-order valence-electron chi connectivity index (χ0n) is 15.8. The number of benzene rings is 3. The van der Waals surface area contributed by atoms with Gasteiger partial charge in [-0.3, -0.25) is 0 Å². The Morgan fingerprint density at radius 2 is 1.68 bits per heavy atom. The first-order chi connectivity index (χ1) is 13.7. The van der Waals surface area contributed by atoms with Gasteiger partial charge in [-0.15, -0.1) is 0 Å². The Bertz CT molecular complexity index is 885. The van der Waals surface area contributed by atoms with Crippen molar-refractivity contribution in [3.05, 3.63) is 92.9 Å². The predicted octanol–water partition coefficient (Wildman–Crippen LogP) is 6.02. The Hall–Kier alpha value is -2.01. The van der Waals surface area contributed by atoms with Crippen LogP contribution in [-0.2, 0) is 19.6 Å². The van der Waals surface area contributed by atoms with Gasteiger partial charge in [0.05, 0.1) is 7.11 Å². The molecule has 3 nitrogen and oxygen atoms in total. The molecule has 146 valence electrons. The molecule has 0 aromatic heterocycles. The van der Waals surface area contributed by atoms with Gasteiger partial charge in [0.25, 0.3) is 0 Å². The fourth-order valence-electron chi connectivity index (χ4n) is 2.83. The summed E-state index contributed by atoms with van der Waals surface area (Å²) in [6.45, 7) is 2.12. The van der Waals surface area contributed by atoms with E-state index >= 15 is 0 Å². The summed E-state index contributed by atoms with van der Waals surface area (Å²) in [6.07, 6.45) is 0.949. The molecule has 3 aromatic carbocycles. The van der Waals surface area contributed by atoms with Crippen LogP contribution in [0.25, 0.3) is 0 Å². The van der Waals surface area contributed by atoms with Gasteiger partial charge in [0.1, 0.15) is 6.61 Å². The van der Waals surface area contributed by atoms with Crippen LogP contribution in [0.4, 0.5) is 0 Å². The molecule has 3 rings (SSSR count). The second kappa shape index (κ2) is 10.5. The highest BCUT2D eigenvalue weighted by Crippen LogP contribution is 2.34. The number of ether oxygens (including phenoxy) is 2. The average Bonchev–Trinajstić information content (AvgIpc) is 2.72. The van der Waals surface area contributed by atoms with Gasteiger partial charge < -0.3 is 14.8 Å². The summed E-state index contributed by atoms with van der Waals surface area (Å²) >= 11 is 9.58. The molecular weight excluding hydrogens is 438 g/mol. The molecule has 5 heteroatoms. The minimum absolute atomic E-state index is 0.502. The van der Waals surface area contributed by atoms with Gasteiger partial charge in [-0.25, -0.2) is 0 Å². The molecule has 0 aliphatic rings. The molecule has 1 N–H and O–H groups in total. The summed E-state index contributed by atoms with van der Waals surface area (Å²) in [5.74, 6) is 1.46. The third kappa shape index (κ3) is 5.99. The van der Waals surface area contributed by atoms with Crippen molar-refractivity contribution in [2.45, 2.75) is 19.6 Å². The minimum Gasteiger partial charge on any atom is -0.493 e. The molecule has 0 atom stereocenters. The van der Waals surface area contributed by atoms with E-state index in [1.165, 1.54) is 5.56 Å². The minimum atomic E-state index is 0.502. The topological polar surface area (TPSA) is 30.5 Å². The van der Waals surface area contributed by atoms with E-state index in [0.29, 0.717) is 6.61 Å². The average molecular weight is 461 g/mol. The maximum Gasteiger partial charge on any atom is 0.162 e. The monoisotopic (exact) mass is 459 g/mol. The Morgan fingerprint density at radius 1 is 0.929 bits per heavy atom. The lowest BCUT2D eigenvalue weighted by atomic mass is 10.1. The fraction of sp³-hybridized carbons (Fsp3) is 0.217. The zero-order chi connectivity index (χ0) is 19.8. The molecule has 0 aliphatic carbocycles. The van der Waals surface area contributed by atoms with E-state index in [1.54, 1.807) is 7.11 Å². The molecule has 28 heavy (non-hydrogen) atoms. The van der Waals surface area contributed by atoms with Crippen molar-refractivity contribution in [3.63, 3.8) is 0 Å². The Morgan fingerprint density at radius 3 is 2.39 bits per heavy atom. The third-order valence-electron chi connectivity index (χ3n) is 4.39. The van der Waals surface area contributed by atoms with Crippen LogP contribution in [0.2, 0.25) is 5.02 Å². The van der Waals surface area contributed by atoms with Crippen LogP contribution < -0.4 is 14.8 Å². The second-order valence-electron chi connectivity index (χ2n) is 6.42. The van der Waals surface area contributed by atoms with Gasteiger partial charge in [-0.05, 0) is 53.9 Å². The number of rotatable bonds is 9. The molecule has 3 aromatic rings. The molecule has 0 spiro atoms. The van der Waals surface area contributed by atoms with Crippen molar-refractivity contribution in [3.8, 4) is 11.5 Å². The maximum atomic E-state index is 5.96. The van der Waals surface area contributed by atoms with Crippen LogP contribution in [-0.4, -0.2) is 13.7 Å². The normalized spacial score (nSPS) is 10.7. The van der Waals surface area contributed by atoms with E-state index in [0.717, 1.165) is 51.6 Å². The first-order valence-electron chi connectivity index (χ1n) is 9.14. The van der Waals surface area contributed by atoms with Gasteiger partial charge in [0.15, 0.2) is 11.5 Å². The Balaban J connectivity index is 1.56. The van der Waals surface area contributed by atoms with Gasteiger partial charge >= 0.3 is 0 Å². The van der Waals surface area contributed by atoms with Crippen molar-refractivity contribution >= 4 is 27.5 Å². The number of nitrogens with one attached hydrogen (secondary N) is 1. The van der Waals surface area contributed by atoms with Crippen LogP contribution in [0.15, 0.2) is 71.2 Å². The molecule has 0 fully saturated rings. The fourth-order valence-corrected chi connectivity index (χ4v) is 3.42. The van der Waals surface area contributed by atoms with Gasteiger partial charge in [0.2, 0.25) is 0 Å². The van der Waals surface area contributed by atoms with E-state index in [2.05, 4.69) is 33.4 Å². The first kappa shape index (κ1) is 20.7. The Labute approximate surface area is 179 Å². The largest absolute Gasteiger partial charge is 0.493 e. The molecule has 0 radical (unpaired) electrons. The lowest BCUT2D eigenvalue weighted by Gasteiger charge is -2.14. The summed E-state index contributed by atoms with van der Waals surface area (Å²) < 4.78 is 12.5. The molecule has 0 unspecified atom stereocenters. The lowest BCUT2D eigenvalue weighted by Crippen LogP contribution is -2.17. The van der Waals surface area contributed by atoms with Crippen molar-refractivity contribution in [1.82, 2.24) is 5.32 Å². The summed E-state index contributed by atoms with van der Waals surface area (Å²) in [4.78, 5) is 0. The van der Waals surface area contributed by atoms with Crippen LogP contribution in [0.3, 0.4) is 0 Å². The van der Waals surface area contributed by atoms with E-state index in [9.17, 15) is 0 Å². The van der Waals surface area contributed by atoms with Crippen LogP contribution >= 0.6 is 27.5 Å². The first-order valence-corrected chi connectivity index (χ1v) is 10.3. The second-order valence-corrected chi connectivity index (χ2v) is 7.71. The number of hydrogen-bond donors (Lipinski definition) is 1. The smallest absolute Gasteiger partial charge is 0.162 e. The number of methoxy groups -OCH3 is 1. The molecule has 0 heterocycles. The zero-order valence-corrected chi connectivity index (χ0v) is 18.1. The maximum absolute atomic E-state index is 5.96. The van der Waals surface area contributed by atoms with Gasteiger partial charge in [-0.2, -0.15) is 0 Å². The molecule has 0 saturated carbocycles. The van der Waals surface area contributed by atoms with E-state index < -0.39 is 0 Å². The van der Waals surface area contributed by atoms with Crippen LogP contribution in [0.5, 0.6) is 11.5 Å². The highest BCUT2D eigenvalue weighted by Gasteiger charge is 2.10. The van der Waals surface area contributed by atoms with Gasteiger partial charge in [-0.1, -0.05) is 70.0 Å². The third-order valence-corrected chi connectivity index (χ3v) is 5.38. The highest BCUT2D eigenvalue weighted by atomic mass is 79.9. The molecule has 0 bridgehead atoms. The van der Waals surface area contributed by atoms with Crippen LogP contribution in [0, 0.1) is 0 Å². The van der Waals surface area contributed by atoms with E-state index in [-0.39, 0.29) is 0 Å². The summed E-state index contributed by atoms with van der Waals surface area (Å²) in [5, 5.41) is 4.24. The number of halogens is 2. The molecular formula is C23H23BrClNO2. The number of hydrogen-bond acceptors (Lipinski definition) is 3. The predicted molar refractivity (Wildman–Crippen MR) is 118 cm³/mol. The summed E-state index contributed by atoms with van der Waals surface area (Å²) in [6, 6.07) is 22.0. The van der Waals surface area contributed by atoms with E-state index in [1.807, 2.05) is 54.6 Å². The highest BCUT2D eigenvalue weighted by molar-refractivity contribution is 9.10. The van der Waals surface area contributed by atoms with Crippen molar-refractivity contribution in [1.29, 1.82) is 0 Å². The van der Waals surface area contributed by atoms with Crippen molar-refractivity contribution in [2.24, 2.45) is 0 Å². The lowest BCUT2D eigenvalue weighted by molar-refractivity contribution is 0.284. The van der Waals surface area contributed by atoms with Crippen molar-refractivity contribution < 1.29 is 9.47 Å². The van der Waals surface area contributed by atoms with Gasteiger partial charge in [0, 0.05) is 16.0 Å². The van der Waals surface area contributed by atoms with Crippen LogP contribution in [0.1, 0.15) is 16.7 Å². The standard InChI is InChI=1S/C23H23BrClNO2/c1-27-22-13-19(15-26-12-11-17-7-9-20(25)10-8-17)21(24)14-23(22)28-16-18-5-3-2-4-6-18/h2-10,13-14,26H,11-12,15-16H2,1H3. The quantitative estimate of drug-likeness (QED) is 0.396.